The Morgan fingerprint density at radius 2 is 1.97 bits per heavy atom. The maximum Gasteiger partial charge on any atom is 0.321 e. The zero-order valence-corrected chi connectivity index (χ0v) is 17.7. The molecular formula is C22H20N4O2S2. The fraction of sp³-hybridized carbons (Fsp3) is 0.182. The van der Waals surface area contributed by atoms with Crippen LogP contribution in [0.15, 0.2) is 66.3 Å². The Balaban J connectivity index is 1.33. The van der Waals surface area contributed by atoms with Crippen molar-refractivity contribution in [2.45, 2.75) is 18.3 Å². The molecule has 30 heavy (non-hydrogen) atoms. The summed E-state index contributed by atoms with van der Waals surface area (Å²) in [4.78, 5) is 25.0. The molecule has 0 spiro atoms. The molecule has 0 aliphatic rings. The van der Waals surface area contributed by atoms with Crippen molar-refractivity contribution in [1.82, 2.24) is 20.3 Å². The number of rotatable bonds is 9. The second-order valence-electron chi connectivity index (χ2n) is 6.64. The van der Waals surface area contributed by atoms with Crippen LogP contribution >= 0.6 is 23.1 Å². The van der Waals surface area contributed by atoms with Crippen LogP contribution in [0.2, 0.25) is 0 Å². The number of hydrogen-bond donors (Lipinski definition) is 2. The first kappa shape index (κ1) is 20.5. The minimum absolute atomic E-state index is 0.399. The number of carbonyl (C=O) groups is 1. The highest BCUT2D eigenvalue weighted by molar-refractivity contribution is 7.98. The first-order valence-corrected chi connectivity index (χ1v) is 11.5. The summed E-state index contributed by atoms with van der Waals surface area (Å²) in [6.07, 6.45) is 3.52. The topological polar surface area (TPSA) is 88.0 Å². The van der Waals surface area contributed by atoms with Crippen molar-refractivity contribution in [2.75, 3.05) is 5.75 Å². The Labute approximate surface area is 182 Å². The number of fused-ring (bicyclic) bond motifs is 1. The summed E-state index contributed by atoms with van der Waals surface area (Å²) in [6.45, 7) is 0.399. The van der Waals surface area contributed by atoms with Gasteiger partial charge in [0.05, 0.1) is 16.9 Å². The first-order valence-electron chi connectivity index (χ1n) is 9.43. The molecule has 0 aliphatic carbocycles. The molecule has 1 unspecified atom stereocenters. The standard InChI is InChI=1S/C22H20N4O2S2/c27-22(28)19(14-29-12-16-6-3-5-15-7-4-10-24-20(15)16)25-11-17-13-30-21(26-17)18-8-1-2-9-23-18/h1-10,13,19,25H,11-12,14H2,(H,27,28). The molecule has 4 aromatic rings. The van der Waals surface area contributed by atoms with Crippen LogP contribution in [-0.4, -0.2) is 37.8 Å². The molecule has 4 rings (SSSR count). The highest BCUT2D eigenvalue weighted by Crippen LogP contribution is 2.23. The van der Waals surface area contributed by atoms with Gasteiger partial charge in [0.25, 0.3) is 0 Å². The van der Waals surface area contributed by atoms with Gasteiger partial charge in [-0.3, -0.25) is 20.1 Å². The van der Waals surface area contributed by atoms with Gasteiger partial charge in [-0.2, -0.15) is 11.8 Å². The van der Waals surface area contributed by atoms with Crippen molar-refractivity contribution in [2.24, 2.45) is 0 Å². The molecular weight excluding hydrogens is 416 g/mol. The van der Waals surface area contributed by atoms with E-state index in [2.05, 4.69) is 20.3 Å². The van der Waals surface area contributed by atoms with Crippen LogP contribution in [0, 0.1) is 0 Å². The lowest BCUT2D eigenvalue weighted by Gasteiger charge is -2.13. The number of hydrogen-bond acceptors (Lipinski definition) is 7. The van der Waals surface area contributed by atoms with Crippen molar-refractivity contribution in [3.05, 3.63) is 77.6 Å². The predicted octanol–water partition coefficient (Wildman–Crippen LogP) is 4.23. The maximum atomic E-state index is 11.7. The average Bonchev–Trinajstić information content (AvgIpc) is 3.25. The smallest absolute Gasteiger partial charge is 0.321 e. The summed E-state index contributed by atoms with van der Waals surface area (Å²) in [5.41, 5.74) is 3.72. The van der Waals surface area contributed by atoms with Crippen LogP contribution in [0.25, 0.3) is 21.6 Å². The molecule has 0 fully saturated rings. The number of para-hydroxylation sites is 1. The lowest BCUT2D eigenvalue weighted by Crippen LogP contribution is -2.38. The summed E-state index contributed by atoms with van der Waals surface area (Å²) in [5, 5.41) is 16.6. The Bertz CT molecular complexity index is 1130. The van der Waals surface area contributed by atoms with Crippen LogP contribution in [0.4, 0.5) is 0 Å². The van der Waals surface area contributed by atoms with E-state index in [0.717, 1.165) is 32.9 Å². The minimum Gasteiger partial charge on any atom is -0.480 e. The third-order valence-electron chi connectivity index (χ3n) is 4.52. The number of carboxylic acids is 1. The van der Waals surface area contributed by atoms with Gasteiger partial charge in [0.1, 0.15) is 11.0 Å². The number of aliphatic carboxylic acids is 1. The van der Waals surface area contributed by atoms with E-state index < -0.39 is 12.0 Å². The number of benzene rings is 1. The Morgan fingerprint density at radius 3 is 2.80 bits per heavy atom. The second kappa shape index (κ2) is 9.80. The van der Waals surface area contributed by atoms with E-state index in [1.54, 1.807) is 24.2 Å². The summed E-state index contributed by atoms with van der Waals surface area (Å²) in [5.74, 6) is 0.301. The van der Waals surface area contributed by atoms with E-state index in [1.165, 1.54) is 11.3 Å². The maximum absolute atomic E-state index is 11.7. The zero-order chi connectivity index (χ0) is 20.8. The number of pyridine rings is 2. The number of thiazole rings is 1. The molecule has 3 heterocycles. The lowest BCUT2D eigenvalue weighted by molar-refractivity contribution is -0.138. The number of nitrogens with one attached hydrogen (secondary N) is 1. The number of carboxylic acid groups (broad SMARTS) is 1. The highest BCUT2D eigenvalue weighted by Gasteiger charge is 2.18. The average molecular weight is 437 g/mol. The van der Waals surface area contributed by atoms with Gasteiger partial charge in [-0.05, 0) is 23.8 Å². The van der Waals surface area contributed by atoms with E-state index in [-0.39, 0.29) is 0 Å². The van der Waals surface area contributed by atoms with Crippen LogP contribution < -0.4 is 5.32 Å². The van der Waals surface area contributed by atoms with E-state index in [9.17, 15) is 9.90 Å². The van der Waals surface area contributed by atoms with Gasteiger partial charge >= 0.3 is 5.97 Å². The molecule has 3 aromatic heterocycles. The Morgan fingerprint density at radius 1 is 1.10 bits per heavy atom. The number of thioether (sulfide) groups is 1. The van der Waals surface area contributed by atoms with Crippen molar-refractivity contribution in [3.63, 3.8) is 0 Å². The molecule has 0 aliphatic heterocycles. The summed E-state index contributed by atoms with van der Waals surface area (Å²) < 4.78 is 0. The van der Waals surface area contributed by atoms with E-state index in [0.29, 0.717) is 18.1 Å². The second-order valence-corrected chi connectivity index (χ2v) is 8.53. The molecule has 0 saturated carbocycles. The fourth-order valence-corrected chi connectivity index (χ4v) is 4.87. The largest absolute Gasteiger partial charge is 0.480 e. The van der Waals surface area contributed by atoms with E-state index in [1.807, 2.05) is 53.9 Å². The van der Waals surface area contributed by atoms with Gasteiger partial charge in [0.2, 0.25) is 0 Å². The fourth-order valence-electron chi connectivity index (χ4n) is 3.01. The van der Waals surface area contributed by atoms with Crippen molar-refractivity contribution in [3.8, 4) is 10.7 Å². The number of nitrogens with zero attached hydrogens (tertiary/aromatic N) is 3. The lowest BCUT2D eigenvalue weighted by atomic mass is 10.1. The SMILES string of the molecule is O=C(O)C(CSCc1cccc2cccnc12)NCc1csc(-c2ccccn2)n1. The van der Waals surface area contributed by atoms with Crippen molar-refractivity contribution in [1.29, 1.82) is 0 Å². The van der Waals surface area contributed by atoms with Gasteiger partial charge in [-0.1, -0.05) is 30.3 Å². The van der Waals surface area contributed by atoms with Crippen molar-refractivity contribution >= 4 is 40.0 Å². The van der Waals surface area contributed by atoms with Gasteiger partial charge in [0.15, 0.2) is 0 Å². The molecule has 152 valence electrons. The molecule has 0 radical (unpaired) electrons. The quantitative estimate of drug-likeness (QED) is 0.406. The molecule has 1 aromatic carbocycles. The van der Waals surface area contributed by atoms with Crippen molar-refractivity contribution < 1.29 is 9.90 Å². The normalized spacial score (nSPS) is 12.1. The van der Waals surface area contributed by atoms with Crippen LogP contribution in [0.1, 0.15) is 11.3 Å². The third kappa shape index (κ3) is 5.02. The van der Waals surface area contributed by atoms with Crippen LogP contribution in [0.3, 0.4) is 0 Å². The van der Waals surface area contributed by atoms with Gasteiger partial charge < -0.3 is 5.11 Å². The molecule has 6 nitrogen and oxygen atoms in total. The molecule has 0 amide bonds. The molecule has 2 N–H and O–H groups in total. The molecule has 0 saturated heterocycles. The van der Waals surface area contributed by atoms with Crippen LogP contribution in [-0.2, 0) is 17.1 Å². The summed E-state index contributed by atoms with van der Waals surface area (Å²) >= 11 is 3.09. The van der Waals surface area contributed by atoms with Gasteiger partial charge in [-0.25, -0.2) is 4.98 Å². The Kier molecular flexibility index (Phi) is 6.68. The summed E-state index contributed by atoms with van der Waals surface area (Å²) in [6, 6.07) is 15.1. The van der Waals surface area contributed by atoms with Crippen LogP contribution in [0.5, 0.6) is 0 Å². The number of aromatic nitrogens is 3. The predicted molar refractivity (Wildman–Crippen MR) is 122 cm³/mol. The molecule has 0 bridgehead atoms. The highest BCUT2D eigenvalue weighted by atomic mass is 32.2. The zero-order valence-electron chi connectivity index (χ0n) is 16.1. The molecule has 8 heteroatoms. The van der Waals surface area contributed by atoms with Gasteiger partial charge in [-0.15, -0.1) is 11.3 Å². The third-order valence-corrected chi connectivity index (χ3v) is 6.52. The first-order chi connectivity index (χ1) is 14.7. The minimum atomic E-state index is -0.862. The van der Waals surface area contributed by atoms with E-state index >= 15 is 0 Å². The monoisotopic (exact) mass is 436 g/mol. The van der Waals surface area contributed by atoms with Gasteiger partial charge in [0, 0.05) is 41.2 Å². The summed E-state index contributed by atoms with van der Waals surface area (Å²) in [7, 11) is 0. The Hall–Kier alpha value is -2.81. The van der Waals surface area contributed by atoms with E-state index in [4.69, 9.17) is 0 Å². The molecule has 1 atom stereocenters.